The fraction of sp³-hybridized carbons (Fsp3) is 0.143. The molecule has 0 fully saturated rings. The van der Waals surface area contributed by atoms with Crippen LogP contribution in [0.2, 0.25) is 0 Å². The lowest BCUT2D eigenvalue weighted by atomic mass is 9.74. The molecule has 0 bridgehead atoms. The lowest BCUT2D eigenvalue weighted by molar-refractivity contribution is -0.169. The Morgan fingerprint density at radius 2 is 1.60 bits per heavy atom. The van der Waals surface area contributed by atoms with Crippen LogP contribution in [0.3, 0.4) is 0 Å². The highest BCUT2D eigenvalue weighted by Crippen LogP contribution is 2.40. The first-order chi connectivity index (χ1) is 9.42. The number of rotatable bonds is 3. The van der Waals surface area contributed by atoms with Gasteiger partial charge in [0.1, 0.15) is 11.9 Å². The molecule has 0 radical (unpaired) electrons. The van der Waals surface area contributed by atoms with Gasteiger partial charge in [-0.25, -0.2) is 0 Å². The zero-order valence-electron chi connectivity index (χ0n) is 10.2. The molecule has 0 heterocycles. The Balaban J connectivity index is 2.70. The number of benzene rings is 1. The monoisotopic (exact) mass is 276 g/mol. The molecule has 1 aliphatic carbocycles. The zero-order valence-corrected chi connectivity index (χ0v) is 10.2. The van der Waals surface area contributed by atoms with E-state index in [0.29, 0.717) is 5.56 Å². The van der Waals surface area contributed by atoms with Crippen molar-refractivity contribution in [3.05, 3.63) is 53.8 Å². The summed E-state index contributed by atoms with van der Waals surface area (Å²) in [5.41, 5.74) is -2.28. The Kier molecular flexibility index (Phi) is 3.33. The Morgan fingerprint density at radius 1 is 1.05 bits per heavy atom. The van der Waals surface area contributed by atoms with Gasteiger partial charge in [-0.05, 0) is 5.56 Å². The van der Waals surface area contributed by atoms with Crippen LogP contribution in [-0.2, 0) is 9.59 Å². The van der Waals surface area contributed by atoms with Gasteiger partial charge in [0, 0.05) is 5.57 Å². The van der Waals surface area contributed by atoms with Crippen molar-refractivity contribution in [2.24, 2.45) is 5.41 Å². The van der Waals surface area contributed by atoms with Crippen LogP contribution in [0.25, 0.3) is 5.57 Å². The molecule has 2 rings (SSSR count). The van der Waals surface area contributed by atoms with Crippen LogP contribution in [0.1, 0.15) is 5.56 Å². The Bertz CT molecular complexity index is 600. The topological polar surface area (TPSA) is 115 Å². The first-order valence-electron chi connectivity index (χ1n) is 5.74. The first-order valence-corrected chi connectivity index (χ1v) is 5.74. The molecular weight excluding hydrogens is 264 g/mol. The predicted molar refractivity (Wildman–Crippen MR) is 68.8 cm³/mol. The second-order valence-corrected chi connectivity index (χ2v) is 4.35. The van der Waals surface area contributed by atoms with Gasteiger partial charge in [-0.1, -0.05) is 42.5 Å². The van der Waals surface area contributed by atoms with Crippen molar-refractivity contribution in [2.75, 3.05) is 0 Å². The largest absolute Gasteiger partial charge is 0.510 e. The fourth-order valence-corrected chi connectivity index (χ4v) is 2.16. The van der Waals surface area contributed by atoms with Gasteiger partial charge in [0.25, 0.3) is 0 Å². The molecule has 0 saturated heterocycles. The van der Waals surface area contributed by atoms with E-state index in [9.17, 15) is 30.0 Å². The molecule has 4 N–H and O–H groups in total. The molecule has 1 unspecified atom stereocenters. The highest BCUT2D eigenvalue weighted by molar-refractivity contribution is 6.05. The second-order valence-electron chi connectivity index (χ2n) is 4.35. The lowest BCUT2D eigenvalue weighted by Gasteiger charge is -2.31. The molecule has 0 saturated carbocycles. The highest BCUT2D eigenvalue weighted by atomic mass is 16.4. The number of carbonyl (C=O) groups is 2. The van der Waals surface area contributed by atoms with E-state index in [1.54, 1.807) is 30.3 Å². The average Bonchev–Trinajstić information content (AvgIpc) is 2.39. The zero-order chi connectivity index (χ0) is 14.9. The maximum Gasteiger partial charge on any atom is 0.332 e. The second kappa shape index (κ2) is 4.82. The predicted octanol–water partition coefficient (Wildman–Crippen LogP) is 1.04. The number of hydrogen-bond acceptors (Lipinski definition) is 4. The number of carboxylic acids is 2. The van der Waals surface area contributed by atoms with E-state index in [1.165, 1.54) is 6.08 Å². The lowest BCUT2D eigenvalue weighted by Crippen LogP contribution is -2.51. The Labute approximate surface area is 113 Å². The summed E-state index contributed by atoms with van der Waals surface area (Å²) in [6.07, 6.45) is 0.494. The molecule has 20 heavy (non-hydrogen) atoms. The minimum absolute atomic E-state index is 0.0562. The molecular formula is C14H12O6. The SMILES string of the molecule is O=C(O)C1(C(=O)O)C(O)=C(c2ccccc2)C=CC1O. The van der Waals surface area contributed by atoms with Gasteiger partial charge >= 0.3 is 11.9 Å². The van der Waals surface area contributed by atoms with E-state index in [2.05, 4.69) is 0 Å². The first kappa shape index (κ1) is 13.8. The maximum absolute atomic E-state index is 11.3. The summed E-state index contributed by atoms with van der Waals surface area (Å²) in [5, 5.41) is 38.3. The molecule has 6 heteroatoms. The molecule has 6 nitrogen and oxygen atoms in total. The number of aliphatic hydroxyl groups excluding tert-OH is 2. The summed E-state index contributed by atoms with van der Waals surface area (Å²) < 4.78 is 0. The van der Waals surface area contributed by atoms with Crippen molar-refractivity contribution in [1.29, 1.82) is 0 Å². The van der Waals surface area contributed by atoms with Crippen LogP contribution in [0.5, 0.6) is 0 Å². The number of aliphatic carboxylic acids is 2. The van der Waals surface area contributed by atoms with E-state index in [4.69, 9.17) is 0 Å². The number of aliphatic hydroxyl groups is 2. The normalized spacial score (nSPS) is 20.8. The van der Waals surface area contributed by atoms with E-state index < -0.39 is 29.2 Å². The van der Waals surface area contributed by atoms with Crippen molar-refractivity contribution in [1.82, 2.24) is 0 Å². The highest BCUT2D eigenvalue weighted by Gasteiger charge is 2.58. The quantitative estimate of drug-likeness (QED) is 0.613. The average molecular weight is 276 g/mol. The summed E-state index contributed by atoms with van der Waals surface area (Å²) in [6, 6.07) is 8.25. The maximum atomic E-state index is 11.3. The third-order valence-electron chi connectivity index (χ3n) is 3.28. The molecule has 1 aromatic carbocycles. The van der Waals surface area contributed by atoms with Crippen molar-refractivity contribution in [3.8, 4) is 0 Å². The van der Waals surface area contributed by atoms with Crippen molar-refractivity contribution in [2.45, 2.75) is 6.10 Å². The molecule has 1 aromatic rings. The molecule has 0 amide bonds. The molecule has 1 atom stereocenters. The van der Waals surface area contributed by atoms with Gasteiger partial charge in [0.05, 0.1) is 0 Å². The molecule has 1 aliphatic rings. The number of allylic oxidation sites excluding steroid dienone is 2. The van der Waals surface area contributed by atoms with Crippen molar-refractivity contribution < 1.29 is 30.0 Å². The molecule has 104 valence electrons. The standard InChI is InChI=1S/C14H12O6/c15-10-7-6-9(8-4-2-1-3-5-8)11(16)14(10,12(17)18)13(19)20/h1-7,10,15-16H,(H,17,18)(H,19,20). The van der Waals surface area contributed by atoms with Crippen molar-refractivity contribution >= 4 is 17.5 Å². The van der Waals surface area contributed by atoms with Gasteiger partial charge in [-0.3, -0.25) is 9.59 Å². The van der Waals surface area contributed by atoms with Crippen LogP contribution in [0.4, 0.5) is 0 Å². The molecule has 0 aliphatic heterocycles. The minimum atomic E-state index is -2.79. The van der Waals surface area contributed by atoms with Crippen molar-refractivity contribution in [3.63, 3.8) is 0 Å². The Morgan fingerprint density at radius 3 is 2.10 bits per heavy atom. The summed E-state index contributed by atoms with van der Waals surface area (Å²) in [5.74, 6) is -4.54. The van der Waals surface area contributed by atoms with Gasteiger partial charge < -0.3 is 20.4 Å². The molecule has 0 aromatic heterocycles. The Hall–Kier alpha value is -2.60. The van der Waals surface area contributed by atoms with Crippen LogP contribution < -0.4 is 0 Å². The van der Waals surface area contributed by atoms with Crippen LogP contribution >= 0.6 is 0 Å². The van der Waals surface area contributed by atoms with E-state index >= 15 is 0 Å². The third-order valence-corrected chi connectivity index (χ3v) is 3.28. The molecule has 0 spiro atoms. The van der Waals surface area contributed by atoms with E-state index in [1.807, 2.05) is 0 Å². The van der Waals surface area contributed by atoms with Gasteiger partial charge in [-0.2, -0.15) is 0 Å². The van der Waals surface area contributed by atoms with E-state index in [-0.39, 0.29) is 5.57 Å². The fourth-order valence-electron chi connectivity index (χ4n) is 2.16. The smallest absolute Gasteiger partial charge is 0.332 e. The van der Waals surface area contributed by atoms with Crippen LogP contribution in [0.15, 0.2) is 48.2 Å². The van der Waals surface area contributed by atoms with E-state index in [0.717, 1.165) is 6.08 Å². The van der Waals surface area contributed by atoms with Crippen LogP contribution in [0, 0.1) is 5.41 Å². The van der Waals surface area contributed by atoms with Crippen LogP contribution in [-0.4, -0.2) is 38.5 Å². The summed E-state index contributed by atoms with van der Waals surface area (Å²) in [4.78, 5) is 22.7. The summed E-state index contributed by atoms with van der Waals surface area (Å²) in [6.45, 7) is 0. The summed E-state index contributed by atoms with van der Waals surface area (Å²) >= 11 is 0. The minimum Gasteiger partial charge on any atom is -0.510 e. The van der Waals surface area contributed by atoms with Gasteiger partial charge in [-0.15, -0.1) is 0 Å². The summed E-state index contributed by atoms with van der Waals surface area (Å²) in [7, 11) is 0. The third kappa shape index (κ3) is 1.78. The number of hydrogen-bond donors (Lipinski definition) is 4. The van der Waals surface area contributed by atoms with Gasteiger partial charge in [0.2, 0.25) is 5.41 Å². The number of carboxylic acid groups (broad SMARTS) is 2. The van der Waals surface area contributed by atoms with Gasteiger partial charge in [0.15, 0.2) is 0 Å².